The van der Waals surface area contributed by atoms with Gasteiger partial charge in [-0.3, -0.25) is 4.90 Å². The average molecular weight is 322 g/mol. The molecule has 0 spiro atoms. The van der Waals surface area contributed by atoms with E-state index in [1.807, 2.05) is 11.3 Å². The standard InChI is InChI=1S/C20H20N2S.H2/c1-3-16-11-14(7-9-22(16)8-1)18-13-21-19-6-5-15(12-17(18)19)20-4-2-10-23-20;/h2,4-7,10,12-13,16,21H,1,3,8-9,11H2;1H. The molecule has 2 nitrogen and oxygen atoms in total. The molecule has 118 valence electrons. The fourth-order valence-corrected chi connectivity index (χ4v) is 4.86. The highest BCUT2D eigenvalue weighted by Crippen LogP contribution is 2.36. The van der Waals surface area contributed by atoms with Gasteiger partial charge in [0.2, 0.25) is 0 Å². The minimum Gasteiger partial charge on any atom is -0.361 e. The molecule has 0 amide bonds. The number of aromatic nitrogens is 1. The second kappa shape index (κ2) is 5.36. The van der Waals surface area contributed by atoms with Crippen LogP contribution >= 0.6 is 11.3 Å². The quantitative estimate of drug-likeness (QED) is 0.670. The molecule has 0 aliphatic carbocycles. The summed E-state index contributed by atoms with van der Waals surface area (Å²) in [7, 11) is 0. The maximum atomic E-state index is 3.47. The molecule has 2 aliphatic heterocycles. The van der Waals surface area contributed by atoms with Crippen molar-refractivity contribution in [3.8, 4) is 10.4 Å². The van der Waals surface area contributed by atoms with Crippen LogP contribution in [0.3, 0.4) is 0 Å². The summed E-state index contributed by atoms with van der Waals surface area (Å²) in [5, 5.41) is 3.52. The molecule has 23 heavy (non-hydrogen) atoms. The molecule has 5 rings (SSSR count). The normalized spacial score (nSPS) is 21.6. The van der Waals surface area contributed by atoms with Crippen LogP contribution in [-0.4, -0.2) is 29.0 Å². The minimum atomic E-state index is 0. The Morgan fingerprint density at radius 1 is 1.26 bits per heavy atom. The number of H-pyrrole nitrogens is 1. The van der Waals surface area contributed by atoms with Crippen LogP contribution < -0.4 is 0 Å². The molecule has 1 aromatic carbocycles. The number of hydrogen-bond donors (Lipinski definition) is 1. The summed E-state index contributed by atoms with van der Waals surface area (Å²) < 4.78 is 0. The Morgan fingerprint density at radius 3 is 3.17 bits per heavy atom. The maximum absolute atomic E-state index is 3.47. The highest BCUT2D eigenvalue weighted by Gasteiger charge is 2.28. The highest BCUT2D eigenvalue weighted by atomic mass is 32.1. The van der Waals surface area contributed by atoms with Gasteiger partial charge in [-0.25, -0.2) is 0 Å². The molecule has 0 radical (unpaired) electrons. The second-order valence-electron chi connectivity index (χ2n) is 6.66. The van der Waals surface area contributed by atoms with Crippen molar-refractivity contribution in [1.29, 1.82) is 0 Å². The number of nitrogens with one attached hydrogen (secondary N) is 1. The molecule has 1 fully saturated rings. The third-order valence-electron chi connectivity index (χ3n) is 5.36. The van der Waals surface area contributed by atoms with Gasteiger partial charge in [-0.1, -0.05) is 18.2 Å². The van der Waals surface area contributed by atoms with Crippen LogP contribution in [0, 0.1) is 0 Å². The number of hydrogen-bond acceptors (Lipinski definition) is 2. The van der Waals surface area contributed by atoms with E-state index in [4.69, 9.17) is 0 Å². The van der Waals surface area contributed by atoms with Gasteiger partial charge in [-0.2, -0.15) is 0 Å². The number of benzene rings is 1. The SMILES string of the molecule is C1=C(c2c[nH]c3ccc(-c4cccs4)cc23)CC2CCCN2C1.[HH]. The van der Waals surface area contributed by atoms with Crippen molar-refractivity contribution >= 4 is 27.8 Å². The van der Waals surface area contributed by atoms with Crippen molar-refractivity contribution in [1.82, 2.24) is 9.88 Å². The monoisotopic (exact) mass is 322 g/mol. The van der Waals surface area contributed by atoms with E-state index in [1.165, 1.54) is 58.3 Å². The number of fused-ring (bicyclic) bond motifs is 2. The van der Waals surface area contributed by atoms with Crippen LogP contribution in [0.5, 0.6) is 0 Å². The van der Waals surface area contributed by atoms with Gasteiger partial charge < -0.3 is 4.98 Å². The largest absolute Gasteiger partial charge is 0.361 e. The molecule has 0 bridgehead atoms. The zero-order chi connectivity index (χ0) is 15.2. The Labute approximate surface area is 141 Å². The zero-order valence-electron chi connectivity index (χ0n) is 13.1. The molecule has 2 aromatic heterocycles. The maximum Gasteiger partial charge on any atom is 0.0460 e. The molecular weight excluding hydrogens is 300 g/mol. The Bertz CT molecular complexity index is 878. The summed E-state index contributed by atoms with van der Waals surface area (Å²) in [6.45, 7) is 2.40. The minimum absolute atomic E-state index is 0. The van der Waals surface area contributed by atoms with Crippen molar-refractivity contribution in [3.63, 3.8) is 0 Å². The lowest BCUT2D eigenvalue weighted by atomic mass is 9.93. The van der Waals surface area contributed by atoms with Gasteiger partial charge >= 0.3 is 0 Å². The van der Waals surface area contributed by atoms with Crippen LogP contribution in [0.4, 0.5) is 0 Å². The molecule has 1 saturated heterocycles. The summed E-state index contributed by atoms with van der Waals surface area (Å²) in [5.74, 6) is 0. The first kappa shape index (κ1) is 13.6. The van der Waals surface area contributed by atoms with Crippen molar-refractivity contribution in [2.24, 2.45) is 0 Å². The number of rotatable bonds is 2. The van der Waals surface area contributed by atoms with Crippen molar-refractivity contribution in [2.45, 2.75) is 25.3 Å². The summed E-state index contributed by atoms with van der Waals surface area (Å²) in [6.07, 6.45) is 8.58. The lowest BCUT2D eigenvalue weighted by Crippen LogP contribution is -2.32. The second-order valence-corrected chi connectivity index (χ2v) is 7.61. The van der Waals surface area contributed by atoms with Gasteiger partial charge in [0, 0.05) is 41.6 Å². The summed E-state index contributed by atoms with van der Waals surface area (Å²) in [6, 6.07) is 11.9. The molecule has 3 aromatic rings. The van der Waals surface area contributed by atoms with Gasteiger partial charge in [0.25, 0.3) is 0 Å². The summed E-state index contributed by atoms with van der Waals surface area (Å²) in [5.41, 5.74) is 5.51. The topological polar surface area (TPSA) is 19.0 Å². The van der Waals surface area contributed by atoms with E-state index in [0.29, 0.717) is 0 Å². The fraction of sp³-hybridized carbons (Fsp3) is 0.300. The van der Waals surface area contributed by atoms with E-state index in [9.17, 15) is 0 Å². The summed E-state index contributed by atoms with van der Waals surface area (Å²) >= 11 is 1.81. The van der Waals surface area contributed by atoms with Crippen molar-refractivity contribution in [3.05, 3.63) is 53.5 Å². The first-order valence-electron chi connectivity index (χ1n) is 8.47. The summed E-state index contributed by atoms with van der Waals surface area (Å²) in [4.78, 5) is 7.45. The van der Waals surface area contributed by atoms with Crippen LogP contribution in [0.15, 0.2) is 48.0 Å². The Morgan fingerprint density at radius 2 is 2.26 bits per heavy atom. The molecule has 0 saturated carbocycles. The lowest BCUT2D eigenvalue weighted by Gasteiger charge is -2.29. The van der Waals surface area contributed by atoms with Gasteiger partial charge in [-0.15, -0.1) is 11.3 Å². The van der Waals surface area contributed by atoms with Crippen LogP contribution in [0.1, 0.15) is 26.3 Å². The lowest BCUT2D eigenvalue weighted by molar-refractivity contribution is 0.275. The Kier molecular flexibility index (Phi) is 3.17. The van der Waals surface area contributed by atoms with Crippen LogP contribution in [0.25, 0.3) is 26.9 Å². The molecule has 1 unspecified atom stereocenters. The average Bonchev–Trinajstić information content (AvgIpc) is 3.32. The first-order valence-corrected chi connectivity index (χ1v) is 9.35. The molecule has 1 atom stereocenters. The fourth-order valence-electron chi connectivity index (χ4n) is 4.13. The van der Waals surface area contributed by atoms with E-state index < -0.39 is 0 Å². The predicted octanol–water partition coefficient (Wildman–Crippen LogP) is 5.39. The molecule has 4 heterocycles. The first-order chi connectivity index (χ1) is 11.4. The van der Waals surface area contributed by atoms with Crippen molar-refractivity contribution < 1.29 is 1.43 Å². The van der Waals surface area contributed by atoms with Crippen molar-refractivity contribution in [2.75, 3.05) is 13.1 Å². The molecule has 1 N–H and O–H groups in total. The van der Waals surface area contributed by atoms with Crippen LogP contribution in [-0.2, 0) is 0 Å². The zero-order valence-corrected chi connectivity index (χ0v) is 13.9. The smallest absolute Gasteiger partial charge is 0.0460 e. The Hall–Kier alpha value is -1.84. The van der Waals surface area contributed by atoms with Gasteiger partial charge in [0.05, 0.1) is 0 Å². The van der Waals surface area contributed by atoms with Gasteiger partial charge in [-0.05, 0) is 60.5 Å². The third-order valence-corrected chi connectivity index (χ3v) is 6.28. The van der Waals surface area contributed by atoms with E-state index >= 15 is 0 Å². The highest BCUT2D eigenvalue weighted by molar-refractivity contribution is 7.13. The Balaban J connectivity index is 0.00000146. The van der Waals surface area contributed by atoms with Gasteiger partial charge in [0.1, 0.15) is 0 Å². The molecule has 2 aliphatic rings. The number of thiophene rings is 1. The third kappa shape index (κ3) is 2.27. The van der Waals surface area contributed by atoms with Gasteiger partial charge in [0.15, 0.2) is 0 Å². The van der Waals surface area contributed by atoms with E-state index in [0.717, 1.165) is 12.6 Å². The molecule has 3 heteroatoms. The van der Waals surface area contributed by atoms with Crippen LogP contribution in [0.2, 0.25) is 0 Å². The van der Waals surface area contributed by atoms with E-state index in [2.05, 4.69) is 57.9 Å². The van der Waals surface area contributed by atoms with E-state index in [-0.39, 0.29) is 1.43 Å². The molecular formula is C20H22N2S. The number of aromatic amines is 1. The number of nitrogens with zero attached hydrogens (tertiary/aromatic N) is 1. The predicted molar refractivity (Wildman–Crippen MR) is 101 cm³/mol. The van der Waals surface area contributed by atoms with E-state index in [1.54, 1.807) is 0 Å².